The molecule has 1 amide bonds. The molecule has 2 saturated heterocycles. The largest absolute Gasteiger partial charge is 0.492 e. The predicted molar refractivity (Wildman–Crippen MR) is 121 cm³/mol. The zero-order chi connectivity index (χ0) is 21.8. The second kappa shape index (κ2) is 9.86. The van der Waals surface area contributed by atoms with Crippen molar-refractivity contribution < 1.29 is 23.0 Å². The summed E-state index contributed by atoms with van der Waals surface area (Å²) in [5.41, 5.74) is 1.82. The molecule has 5 nitrogen and oxygen atoms in total. The number of carbonyl (C=O) groups is 1. The molecule has 0 aromatic heterocycles. The van der Waals surface area contributed by atoms with Gasteiger partial charge in [-0.05, 0) is 41.5 Å². The molecular formula is C22H20F2N2O3S2. The lowest BCUT2D eigenvalue weighted by Gasteiger charge is -2.26. The van der Waals surface area contributed by atoms with Gasteiger partial charge in [0.15, 0.2) is 11.6 Å². The number of carbonyl (C=O) groups excluding carboxylic acids is 1. The summed E-state index contributed by atoms with van der Waals surface area (Å²) < 4.78 is 39.1. The minimum atomic E-state index is -0.934. The van der Waals surface area contributed by atoms with Crippen molar-refractivity contribution in [1.82, 2.24) is 10.2 Å². The Balaban J connectivity index is 1.60. The van der Waals surface area contributed by atoms with Crippen LogP contribution in [0.2, 0.25) is 0 Å². The summed E-state index contributed by atoms with van der Waals surface area (Å²) >= 11 is 6.21. The van der Waals surface area contributed by atoms with Gasteiger partial charge in [-0.2, -0.15) is 0 Å². The molecule has 4 rings (SSSR count). The Bertz CT molecular complexity index is 1040. The van der Waals surface area contributed by atoms with Gasteiger partial charge in [0.1, 0.15) is 16.7 Å². The highest BCUT2D eigenvalue weighted by atomic mass is 32.2. The minimum Gasteiger partial charge on any atom is -0.492 e. The summed E-state index contributed by atoms with van der Waals surface area (Å²) in [4.78, 5) is 14.7. The second-order valence-corrected chi connectivity index (χ2v) is 8.76. The number of hydrogen-bond donors (Lipinski definition) is 1. The smallest absolute Gasteiger partial charge is 0.263 e. The molecule has 0 bridgehead atoms. The van der Waals surface area contributed by atoms with Crippen LogP contribution >= 0.6 is 24.0 Å². The molecule has 162 valence electrons. The maximum atomic E-state index is 13.9. The van der Waals surface area contributed by atoms with E-state index in [0.29, 0.717) is 45.9 Å². The summed E-state index contributed by atoms with van der Waals surface area (Å²) in [6.45, 7) is 4.31. The van der Waals surface area contributed by atoms with Crippen LogP contribution in [0.25, 0.3) is 17.2 Å². The molecule has 2 aromatic carbocycles. The number of morpholine rings is 1. The molecule has 0 aliphatic carbocycles. The van der Waals surface area contributed by atoms with Gasteiger partial charge in [0, 0.05) is 25.2 Å². The standard InChI is InChI=1S/C22H20F2N2O3S2/c23-17-3-2-15(13-18(17)24)16-11-14(12-20-21(27)25-22(30)31-20)1-4-19(16)29-10-7-26-5-8-28-9-6-26/h1-4,11-13H,5-10H2,(H,25,27,30). The molecule has 0 unspecified atom stereocenters. The van der Waals surface area contributed by atoms with Gasteiger partial charge in [-0.15, -0.1) is 0 Å². The Labute approximate surface area is 188 Å². The number of nitrogens with one attached hydrogen (secondary N) is 1. The van der Waals surface area contributed by atoms with Crippen LogP contribution in [0.3, 0.4) is 0 Å². The lowest BCUT2D eigenvalue weighted by atomic mass is 10.0. The van der Waals surface area contributed by atoms with Crippen molar-refractivity contribution in [2.24, 2.45) is 0 Å². The van der Waals surface area contributed by atoms with Crippen LogP contribution in [0.5, 0.6) is 5.75 Å². The second-order valence-electron chi connectivity index (χ2n) is 7.04. The van der Waals surface area contributed by atoms with Crippen LogP contribution in [0, 0.1) is 11.6 Å². The lowest BCUT2D eigenvalue weighted by Crippen LogP contribution is -2.38. The van der Waals surface area contributed by atoms with Crippen molar-refractivity contribution >= 4 is 40.3 Å². The third-order valence-corrected chi connectivity index (χ3v) is 6.11. The molecule has 0 radical (unpaired) electrons. The Morgan fingerprint density at radius 1 is 1.16 bits per heavy atom. The molecule has 0 spiro atoms. The monoisotopic (exact) mass is 462 g/mol. The van der Waals surface area contributed by atoms with E-state index in [9.17, 15) is 13.6 Å². The lowest BCUT2D eigenvalue weighted by molar-refractivity contribution is -0.115. The van der Waals surface area contributed by atoms with Gasteiger partial charge in [-0.25, -0.2) is 8.78 Å². The highest BCUT2D eigenvalue weighted by Crippen LogP contribution is 2.34. The fourth-order valence-electron chi connectivity index (χ4n) is 3.33. The first-order chi connectivity index (χ1) is 15.0. The minimum absolute atomic E-state index is 0.254. The van der Waals surface area contributed by atoms with Gasteiger partial charge in [0.2, 0.25) is 0 Å². The first-order valence-electron chi connectivity index (χ1n) is 9.77. The first kappa shape index (κ1) is 21.9. The SMILES string of the molecule is O=C1NC(=S)SC1=Cc1ccc(OCCN2CCOCC2)c(-c2ccc(F)c(F)c2)c1. The summed E-state index contributed by atoms with van der Waals surface area (Å²) in [5.74, 6) is -1.54. The van der Waals surface area contributed by atoms with Crippen molar-refractivity contribution in [2.45, 2.75) is 0 Å². The summed E-state index contributed by atoms with van der Waals surface area (Å²) in [7, 11) is 0. The van der Waals surface area contributed by atoms with Crippen molar-refractivity contribution in [2.75, 3.05) is 39.5 Å². The number of thiocarbonyl (C=S) groups is 1. The van der Waals surface area contributed by atoms with E-state index in [1.165, 1.54) is 17.8 Å². The third-order valence-electron chi connectivity index (χ3n) is 4.94. The number of nitrogens with zero attached hydrogens (tertiary/aromatic N) is 1. The van der Waals surface area contributed by atoms with Crippen LogP contribution in [0.1, 0.15) is 5.56 Å². The molecule has 2 aromatic rings. The van der Waals surface area contributed by atoms with Crippen molar-refractivity contribution in [3.8, 4) is 16.9 Å². The van der Waals surface area contributed by atoms with E-state index < -0.39 is 11.6 Å². The number of hydrogen-bond acceptors (Lipinski definition) is 6. The molecule has 2 fully saturated rings. The highest BCUT2D eigenvalue weighted by molar-refractivity contribution is 8.26. The Kier molecular flexibility index (Phi) is 6.96. The van der Waals surface area contributed by atoms with E-state index in [-0.39, 0.29) is 5.91 Å². The zero-order valence-electron chi connectivity index (χ0n) is 16.5. The molecule has 9 heteroatoms. The predicted octanol–water partition coefficient (Wildman–Crippen LogP) is 3.83. The molecule has 2 aliphatic heterocycles. The number of benzene rings is 2. The van der Waals surface area contributed by atoms with Gasteiger partial charge in [-0.1, -0.05) is 36.1 Å². The van der Waals surface area contributed by atoms with Crippen molar-refractivity contribution in [1.29, 1.82) is 0 Å². The number of ether oxygens (including phenoxy) is 2. The van der Waals surface area contributed by atoms with Gasteiger partial charge >= 0.3 is 0 Å². The molecular weight excluding hydrogens is 442 g/mol. The molecule has 2 heterocycles. The molecule has 1 N–H and O–H groups in total. The number of amides is 1. The quantitative estimate of drug-likeness (QED) is 0.520. The topological polar surface area (TPSA) is 50.8 Å². The van der Waals surface area contributed by atoms with Gasteiger partial charge in [0.05, 0.1) is 18.1 Å². The number of thioether (sulfide) groups is 1. The third kappa shape index (κ3) is 5.48. The summed E-state index contributed by atoms with van der Waals surface area (Å²) in [5, 5.41) is 2.58. The highest BCUT2D eigenvalue weighted by Gasteiger charge is 2.22. The van der Waals surface area contributed by atoms with Crippen molar-refractivity contribution in [3.05, 3.63) is 58.5 Å². The molecule has 0 atom stereocenters. The van der Waals surface area contributed by atoms with Crippen LogP contribution in [-0.2, 0) is 9.53 Å². The molecule has 31 heavy (non-hydrogen) atoms. The Hall–Kier alpha value is -2.33. The van der Waals surface area contributed by atoms with Gasteiger partial charge in [-0.3, -0.25) is 9.69 Å². The van der Waals surface area contributed by atoms with Gasteiger partial charge < -0.3 is 14.8 Å². The van der Waals surface area contributed by atoms with E-state index in [2.05, 4.69) is 10.2 Å². The fraction of sp³-hybridized carbons (Fsp3) is 0.273. The number of rotatable bonds is 6. The molecule has 0 saturated carbocycles. The fourth-order valence-corrected chi connectivity index (χ4v) is 4.38. The van der Waals surface area contributed by atoms with Crippen LogP contribution in [0.15, 0.2) is 41.3 Å². The maximum absolute atomic E-state index is 13.9. The van der Waals surface area contributed by atoms with Crippen LogP contribution < -0.4 is 10.1 Å². The first-order valence-corrected chi connectivity index (χ1v) is 11.0. The van der Waals surface area contributed by atoms with E-state index >= 15 is 0 Å². The van der Waals surface area contributed by atoms with Gasteiger partial charge in [0.25, 0.3) is 5.91 Å². The van der Waals surface area contributed by atoms with E-state index in [0.717, 1.165) is 37.3 Å². The van der Waals surface area contributed by atoms with Crippen LogP contribution in [-0.4, -0.2) is 54.6 Å². The van der Waals surface area contributed by atoms with E-state index in [1.807, 2.05) is 6.07 Å². The zero-order valence-corrected chi connectivity index (χ0v) is 18.2. The van der Waals surface area contributed by atoms with E-state index in [1.54, 1.807) is 18.2 Å². The Morgan fingerprint density at radius 2 is 1.97 bits per heavy atom. The van der Waals surface area contributed by atoms with Crippen LogP contribution in [0.4, 0.5) is 8.78 Å². The average Bonchev–Trinajstić information content (AvgIpc) is 3.08. The van der Waals surface area contributed by atoms with E-state index in [4.69, 9.17) is 21.7 Å². The van der Waals surface area contributed by atoms with Crippen molar-refractivity contribution in [3.63, 3.8) is 0 Å². The molecule has 2 aliphatic rings. The average molecular weight is 463 g/mol. The Morgan fingerprint density at radius 3 is 2.68 bits per heavy atom. The maximum Gasteiger partial charge on any atom is 0.263 e. The normalized spacial score (nSPS) is 18.5. The summed E-state index contributed by atoms with van der Waals surface area (Å²) in [6, 6.07) is 9.12. The summed E-state index contributed by atoms with van der Waals surface area (Å²) in [6.07, 6.45) is 1.71. The number of halogens is 2.